The molecule has 1 aromatic heterocycles. The van der Waals surface area contributed by atoms with Crippen LogP contribution in [0.25, 0.3) is 11.0 Å². The zero-order chi connectivity index (χ0) is 17.9. The highest BCUT2D eigenvalue weighted by Crippen LogP contribution is 2.32. The van der Waals surface area contributed by atoms with E-state index in [9.17, 15) is 13.2 Å². The molecule has 6 heteroatoms. The second-order valence-corrected chi connectivity index (χ2v) is 6.36. The number of aromatic nitrogens is 2. The fraction of sp³-hybridized carbons (Fsp3) is 0.611. The van der Waals surface area contributed by atoms with Crippen LogP contribution in [-0.2, 0) is 12.7 Å². The van der Waals surface area contributed by atoms with Gasteiger partial charge in [0.25, 0.3) is 0 Å². The van der Waals surface area contributed by atoms with Gasteiger partial charge in [-0.15, -0.1) is 0 Å². The van der Waals surface area contributed by atoms with Crippen molar-refractivity contribution in [2.45, 2.75) is 52.8 Å². The smallest absolute Gasteiger partial charge is 0.328 e. The number of hydrogen-bond acceptors (Lipinski definition) is 2. The van der Waals surface area contributed by atoms with Gasteiger partial charge in [-0.05, 0) is 44.3 Å². The van der Waals surface area contributed by atoms with Crippen LogP contribution in [0.2, 0.25) is 0 Å². The molecule has 0 fully saturated rings. The number of imidazole rings is 1. The number of nitrogens with zero attached hydrogens (tertiary/aromatic N) is 3. The topological polar surface area (TPSA) is 21.1 Å². The summed E-state index contributed by atoms with van der Waals surface area (Å²) in [6, 6.07) is 3.85. The lowest BCUT2D eigenvalue weighted by Gasteiger charge is -2.19. The monoisotopic (exact) mass is 341 g/mol. The summed E-state index contributed by atoms with van der Waals surface area (Å²) in [4.78, 5) is 6.82. The normalized spacial score (nSPS) is 12.7. The highest BCUT2D eigenvalue weighted by molar-refractivity contribution is 5.77. The number of hydrogen-bond donors (Lipinski definition) is 0. The van der Waals surface area contributed by atoms with E-state index in [0.717, 1.165) is 56.1 Å². The quantitative estimate of drug-likeness (QED) is 0.713. The molecule has 0 saturated carbocycles. The Labute approximate surface area is 141 Å². The molecular weight excluding hydrogens is 315 g/mol. The molecule has 0 saturated heterocycles. The van der Waals surface area contributed by atoms with Crippen LogP contribution < -0.4 is 0 Å². The molecule has 0 spiro atoms. The summed E-state index contributed by atoms with van der Waals surface area (Å²) < 4.78 is 40.8. The first-order valence-electron chi connectivity index (χ1n) is 8.57. The van der Waals surface area contributed by atoms with Gasteiger partial charge in [0.2, 0.25) is 0 Å². The molecule has 0 amide bonds. The first-order valence-corrected chi connectivity index (χ1v) is 8.57. The van der Waals surface area contributed by atoms with E-state index in [-0.39, 0.29) is 5.92 Å². The van der Waals surface area contributed by atoms with Gasteiger partial charge in [0.1, 0.15) is 5.82 Å². The molecule has 1 aromatic carbocycles. The number of fused-ring (bicyclic) bond motifs is 1. The van der Waals surface area contributed by atoms with Crippen LogP contribution in [0.4, 0.5) is 13.2 Å². The van der Waals surface area contributed by atoms with Crippen molar-refractivity contribution in [2.75, 3.05) is 19.6 Å². The summed E-state index contributed by atoms with van der Waals surface area (Å²) in [6.07, 6.45) is -3.38. The maximum Gasteiger partial charge on any atom is 0.416 e. The number of benzene rings is 1. The van der Waals surface area contributed by atoms with Gasteiger partial charge in [0.15, 0.2) is 0 Å². The van der Waals surface area contributed by atoms with Crippen LogP contribution in [0, 0.1) is 0 Å². The summed E-state index contributed by atoms with van der Waals surface area (Å²) in [7, 11) is 0. The van der Waals surface area contributed by atoms with E-state index >= 15 is 0 Å². The van der Waals surface area contributed by atoms with Gasteiger partial charge in [-0.1, -0.05) is 27.7 Å². The highest BCUT2D eigenvalue weighted by Gasteiger charge is 2.31. The van der Waals surface area contributed by atoms with Crippen LogP contribution in [-0.4, -0.2) is 34.1 Å². The maximum absolute atomic E-state index is 12.9. The van der Waals surface area contributed by atoms with Crippen molar-refractivity contribution in [1.82, 2.24) is 14.5 Å². The molecule has 24 heavy (non-hydrogen) atoms. The summed E-state index contributed by atoms with van der Waals surface area (Å²) in [5.74, 6) is 1.02. The van der Waals surface area contributed by atoms with Crippen LogP contribution in [0.1, 0.15) is 51.4 Å². The summed E-state index contributed by atoms with van der Waals surface area (Å²) in [6.45, 7) is 12.1. The van der Waals surface area contributed by atoms with E-state index in [1.54, 1.807) is 6.07 Å². The highest BCUT2D eigenvalue weighted by atomic mass is 19.4. The van der Waals surface area contributed by atoms with Crippen molar-refractivity contribution < 1.29 is 13.2 Å². The van der Waals surface area contributed by atoms with Gasteiger partial charge in [-0.25, -0.2) is 4.98 Å². The van der Waals surface area contributed by atoms with Crippen molar-refractivity contribution in [1.29, 1.82) is 0 Å². The summed E-state index contributed by atoms with van der Waals surface area (Å²) in [5, 5.41) is 0. The Bertz CT molecular complexity index is 670. The van der Waals surface area contributed by atoms with Crippen LogP contribution in [0.5, 0.6) is 0 Å². The SMILES string of the molecule is CCN(CC)CCCn1c(C(C)C)nc2cc(C(F)(F)F)ccc21. The minimum Gasteiger partial charge on any atom is -0.328 e. The molecular formula is C18H26F3N3. The van der Waals surface area contributed by atoms with E-state index < -0.39 is 11.7 Å². The molecule has 2 rings (SSSR count). The lowest BCUT2D eigenvalue weighted by Crippen LogP contribution is -2.25. The molecule has 0 bridgehead atoms. The third kappa shape index (κ3) is 4.09. The minimum atomic E-state index is -4.33. The van der Waals surface area contributed by atoms with Gasteiger partial charge >= 0.3 is 6.18 Å². The Morgan fingerprint density at radius 1 is 1.17 bits per heavy atom. The third-order valence-electron chi connectivity index (χ3n) is 4.37. The van der Waals surface area contributed by atoms with E-state index in [4.69, 9.17) is 0 Å². The lowest BCUT2D eigenvalue weighted by molar-refractivity contribution is -0.137. The first kappa shape index (κ1) is 18.8. The third-order valence-corrected chi connectivity index (χ3v) is 4.37. The molecule has 0 unspecified atom stereocenters. The minimum absolute atomic E-state index is 0.167. The van der Waals surface area contributed by atoms with E-state index in [1.165, 1.54) is 0 Å². The standard InChI is InChI=1S/C18H26F3N3/c1-5-23(6-2)10-7-11-24-16-9-8-14(18(19,20)21)12-15(16)22-17(24)13(3)4/h8-9,12-13H,5-7,10-11H2,1-4H3. The zero-order valence-electron chi connectivity index (χ0n) is 14.8. The van der Waals surface area contributed by atoms with Crippen LogP contribution >= 0.6 is 0 Å². The van der Waals surface area contributed by atoms with E-state index in [2.05, 4.69) is 28.3 Å². The largest absolute Gasteiger partial charge is 0.416 e. The lowest BCUT2D eigenvalue weighted by atomic mass is 10.2. The predicted octanol–water partition coefficient (Wildman–Crippen LogP) is 4.91. The number of aryl methyl sites for hydroxylation is 1. The molecule has 0 N–H and O–H groups in total. The fourth-order valence-electron chi connectivity index (χ4n) is 2.99. The van der Waals surface area contributed by atoms with E-state index in [1.807, 2.05) is 13.8 Å². The Hall–Kier alpha value is -1.56. The number of halogens is 3. The van der Waals surface area contributed by atoms with Gasteiger partial charge in [-0.3, -0.25) is 0 Å². The summed E-state index contributed by atoms with van der Waals surface area (Å²) in [5.41, 5.74) is 0.570. The average Bonchev–Trinajstić information content (AvgIpc) is 2.89. The maximum atomic E-state index is 12.9. The molecule has 0 aliphatic carbocycles. The second kappa shape index (κ2) is 7.55. The molecule has 2 aromatic rings. The average molecular weight is 341 g/mol. The summed E-state index contributed by atoms with van der Waals surface area (Å²) >= 11 is 0. The van der Waals surface area contributed by atoms with Crippen molar-refractivity contribution in [3.05, 3.63) is 29.6 Å². The Balaban J connectivity index is 2.31. The predicted molar refractivity (Wildman–Crippen MR) is 91.2 cm³/mol. The van der Waals surface area contributed by atoms with Crippen molar-refractivity contribution in [3.63, 3.8) is 0 Å². The van der Waals surface area contributed by atoms with Gasteiger partial charge in [0.05, 0.1) is 16.6 Å². The Kier molecular flexibility index (Phi) is 5.91. The second-order valence-electron chi connectivity index (χ2n) is 6.36. The fourth-order valence-corrected chi connectivity index (χ4v) is 2.99. The molecule has 0 aliphatic rings. The molecule has 1 heterocycles. The van der Waals surface area contributed by atoms with Crippen molar-refractivity contribution >= 4 is 11.0 Å². The Morgan fingerprint density at radius 3 is 2.38 bits per heavy atom. The van der Waals surface area contributed by atoms with Crippen LogP contribution in [0.3, 0.4) is 0 Å². The number of rotatable bonds is 7. The van der Waals surface area contributed by atoms with Gasteiger partial charge < -0.3 is 9.47 Å². The molecule has 0 radical (unpaired) electrons. The zero-order valence-corrected chi connectivity index (χ0v) is 14.8. The van der Waals surface area contributed by atoms with Crippen LogP contribution in [0.15, 0.2) is 18.2 Å². The van der Waals surface area contributed by atoms with Gasteiger partial charge in [-0.2, -0.15) is 13.2 Å². The van der Waals surface area contributed by atoms with E-state index in [0.29, 0.717) is 5.52 Å². The molecule has 3 nitrogen and oxygen atoms in total. The Morgan fingerprint density at radius 2 is 1.83 bits per heavy atom. The first-order chi connectivity index (χ1) is 11.3. The van der Waals surface area contributed by atoms with Crippen molar-refractivity contribution in [3.8, 4) is 0 Å². The molecule has 0 aliphatic heterocycles. The van der Waals surface area contributed by atoms with Crippen molar-refractivity contribution in [2.24, 2.45) is 0 Å². The molecule has 0 atom stereocenters. The van der Waals surface area contributed by atoms with Gasteiger partial charge in [0, 0.05) is 12.5 Å². The number of alkyl halides is 3. The molecule has 134 valence electrons.